The maximum absolute atomic E-state index is 11.9. The first-order valence-corrected chi connectivity index (χ1v) is 9.06. The number of benzene rings is 2. The van der Waals surface area contributed by atoms with E-state index in [0.717, 1.165) is 11.4 Å². The fraction of sp³-hybridized carbons (Fsp3) is 0.333. The average molecular weight is 386 g/mol. The Hall–Kier alpha value is -3.22. The lowest BCUT2D eigenvalue weighted by Gasteiger charge is -2.13. The van der Waals surface area contributed by atoms with Crippen LogP contribution < -0.4 is 19.7 Å². The van der Waals surface area contributed by atoms with Crippen molar-refractivity contribution in [2.24, 2.45) is 0 Å². The van der Waals surface area contributed by atoms with Crippen molar-refractivity contribution in [3.63, 3.8) is 0 Å². The number of esters is 1. The lowest BCUT2D eigenvalue weighted by atomic mass is 10.2. The Morgan fingerprint density at radius 3 is 2.11 bits per heavy atom. The summed E-state index contributed by atoms with van der Waals surface area (Å²) in [4.78, 5) is 25.6. The van der Waals surface area contributed by atoms with Gasteiger partial charge in [0.15, 0.2) is 6.61 Å². The van der Waals surface area contributed by atoms with Gasteiger partial charge in [0.2, 0.25) is 0 Å². The summed E-state index contributed by atoms with van der Waals surface area (Å²) in [5, 5.41) is 2.68. The van der Waals surface area contributed by atoms with E-state index in [2.05, 4.69) is 5.32 Å². The molecule has 0 aromatic heterocycles. The van der Waals surface area contributed by atoms with E-state index in [9.17, 15) is 9.59 Å². The monoisotopic (exact) mass is 386 g/mol. The van der Waals surface area contributed by atoms with Gasteiger partial charge in [0, 0.05) is 25.5 Å². The maximum Gasteiger partial charge on any atom is 0.309 e. The van der Waals surface area contributed by atoms with Crippen LogP contribution in [0.4, 0.5) is 11.4 Å². The van der Waals surface area contributed by atoms with E-state index < -0.39 is 11.9 Å². The highest BCUT2D eigenvalue weighted by molar-refractivity contribution is 5.92. The molecule has 0 bridgehead atoms. The van der Waals surface area contributed by atoms with E-state index in [-0.39, 0.29) is 19.6 Å². The molecule has 0 aliphatic carbocycles. The molecule has 0 unspecified atom stereocenters. The van der Waals surface area contributed by atoms with E-state index >= 15 is 0 Å². The Morgan fingerprint density at radius 2 is 1.54 bits per heavy atom. The minimum atomic E-state index is -0.496. The molecule has 0 heterocycles. The zero-order valence-electron chi connectivity index (χ0n) is 16.4. The molecule has 0 aliphatic heterocycles. The molecule has 150 valence electrons. The SMILES string of the molecule is CCOc1ccc(OCCC(=O)OCC(=O)Nc2ccc(N(C)C)cc2)cc1. The van der Waals surface area contributed by atoms with Crippen LogP contribution in [0.2, 0.25) is 0 Å². The van der Waals surface area contributed by atoms with E-state index in [0.29, 0.717) is 18.0 Å². The van der Waals surface area contributed by atoms with Crippen LogP contribution in [0, 0.1) is 0 Å². The number of carbonyl (C=O) groups excluding carboxylic acids is 2. The van der Waals surface area contributed by atoms with Gasteiger partial charge in [-0.15, -0.1) is 0 Å². The first-order chi connectivity index (χ1) is 13.5. The highest BCUT2D eigenvalue weighted by Crippen LogP contribution is 2.18. The van der Waals surface area contributed by atoms with Crippen molar-refractivity contribution >= 4 is 23.3 Å². The second kappa shape index (κ2) is 10.8. The van der Waals surface area contributed by atoms with Crippen molar-refractivity contribution in [1.82, 2.24) is 0 Å². The van der Waals surface area contributed by atoms with Gasteiger partial charge in [0.1, 0.15) is 11.5 Å². The van der Waals surface area contributed by atoms with Crippen LogP contribution in [0.1, 0.15) is 13.3 Å². The van der Waals surface area contributed by atoms with E-state index in [1.165, 1.54) is 0 Å². The van der Waals surface area contributed by atoms with Crippen molar-refractivity contribution in [1.29, 1.82) is 0 Å². The van der Waals surface area contributed by atoms with Crippen molar-refractivity contribution in [3.8, 4) is 11.5 Å². The molecule has 1 N–H and O–H groups in total. The number of anilines is 2. The number of carbonyl (C=O) groups is 2. The van der Waals surface area contributed by atoms with Gasteiger partial charge in [-0.3, -0.25) is 9.59 Å². The van der Waals surface area contributed by atoms with Gasteiger partial charge in [0.25, 0.3) is 5.91 Å². The fourth-order valence-electron chi connectivity index (χ4n) is 2.31. The molecular formula is C21H26N2O5. The number of hydrogen-bond donors (Lipinski definition) is 1. The second-order valence-corrected chi connectivity index (χ2v) is 6.15. The van der Waals surface area contributed by atoms with E-state index in [1.54, 1.807) is 36.4 Å². The fourth-order valence-corrected chi connectivity index (χ4v) is 2.31. The molecule has 0 radical (unpaired) electrons. The van der Waals surface area contributed by atoms with Gasteiger partial charge in [-0.05, 0) is 55.5 Å². The summed E-state index contributed by atoms with van der Waals surface area (Å²) in [6.45, 7) is 2.34. The topological polar surface area (TPSA) is 77.1 Å². The molecule has 0 atom stereocenters. The van der Waals surface area contributed by atoms with Gasteiger partial charge in [-0.25, -0.2) is 0 Å². The zero-order valence-corrected chi connectivity index (χ0v) is 16.4. The summed E-state index contributed by atoms with van der Waals surface area (Å²) in [6, 6.07) is 14.5. The van der Waals surface area contributed by atoms with Gasteiger partial charge in [-0.2, -0.15) is 0 Å². The van der Waals surface area contributed by atoms with E-state index in [4.69, 9.17) is 14.2 Å². The molecule has 0 saturated carbocycles. The quantitative estimate of drug-likeness (QED) is 0.633. The molecule has 0 spiro atoms. The normalized spacial score (nSPS) is 10.1. The molecule has 2 rings (SSSR count). The molecular weight excluding hydrogens is 360 g/mol. The van der Waals surface area contributed by atoms with E-state index in [1.807, 2.05) is 38.1 Å². The number of amides is 1. The van der Waals surface area contributed by atoms with Crippen LogP contribution in [0.25, 0.3) is 0 Å². The third-order valence-electron chi connectivity index (χ3n) is 3.74. The van der Waals surface area contributed by atoms with Crippen LogP contribution in [0.3, 0.4) is 0 Å². The van der Waals surface area contributed by atoms with Crippen molar-refractivity contribution in [3.05, 3.63) is 48.5 Å². The predicted octanol–water partition coefficient (Wildman–Crippen LogP) is 3.10. The zero-order chi connectivity index (χ0) is 20.4. The summed E-state index contributed by atoms with van der Waals surface area (Å²) >= 11 is 0. The van der Waals surface area contributed by atoms with Crippen molar-refractivity contribution in [2.75, 3.05) is 44.1 Å². The smallest absolute Gasteiger partial charge is 0.309 e. The standard InChI is InChI=1S/C21H26N2O5/c1-4-26-18-9-11-19(12-10-18)27-14-13-21(25)28-15-20(24)22-16-5-7-17(8-6-16)23(2)3/h5-12H,4,13-15H2,1-3H3,(H,22,24). The lowest BCUT2D eigenvalue weighted by molar-refractivity contribution is -0.147. The van der Waals surface area contributed by atoms with Crippen LogP contribution in [-0.4, -0.2) is 45.8 Å². The van der Waals surface area contributed by atoms with Gasteiger partial charge >= 0.3 is 5.97 Å². The molecule has 2 aromatic rings. The lowest BCUT2D eigenvalue weighted by Crippen LogP contribution is -2.21. The summed E-state index contributed by atoms with van der Waals surface area (Å²) < 4.78 is 15.8. The van der Waals surface area contributed by atoms with Crippen LogP contribution in [0.5, 0.6) is 11.5 Å². The van der Waals surface area contributed by atoms with Crippen LogP contribution >= 0.6 is 0 Å². The molecule has 2 aromatic carbocycles. The Kier molecular flexibility index (Phi) is 8.14. The minimum Gasteiger partial charge on any atom is -0.494 e. The molecule has 0 fully saturated rings. The number of hydrogen-bond acceptors (Lipinski definition) is 6. The summed E-state index contributed by atoms with van der Waals surface area (Å²) in [6.07, 6.45) is 0.0536. The first kappa shape index (κ1) is 21.1. The number of ether oxygens (including phenoxy) is 3. The number of nitrogens with zero attached hydrogens (tertiary/aromatic N) is 1. The van der Waals surface area contributed by atoms with Gasteiger partial charge in [-0.1, -0.05) is 0 Å². The summed E-state index contributed by atoms with van der Waals surface area (Å²) in [5.41, 5.74) is 1.67. The molecule has 0 saturated heterocycles. The highest BCUT2D eigenvalue weighted by Gasteiger charge is 2.09. The Morgan fingerprint density at radius 1 is 0.929 bits per heavy atom. The Balaban J connectivity index is 1.65. The Labute approximate surface area is 165 Å². The third kappa shape index (κ3) is 7.19. The highest BCUT2D eigenvalue weighted by atomic mass is 16.5. The van der Waals surface area contributed by atoms with Gasteiger partial charge < -0.3 is 24.4 Å². The van der Waals surface area contributed by atoms with Crippen molar-refractivity contribution in [2.45, 2.75) is 13.3 Å². The maximum atomic E-state index is 11.9. The summed E-state index contributed by atoms with van der Waals surface area (Å²) in [7, 11) is 3.87. The summed E-state index contributed by atoms with van der Waals surface area (Å²) in [5.74, 6) is 0.509. The molecule has 7 nitrogen and oxygen atoms in total. The second-order valence-electron chi connectivity index (χ2n) is 6.15. The molecule has 0 aliphatic rings. The average Bonchev–Trinajstić information content (AvgIpc) is 2.68. The van der Waals surface area contributed by atoms with Gasteiger partial charge in [0.05, 0.1) is 19.6 Å². The predicted molar refractivity (Wildman–Crippen MR) is 108 cm³/mol. The first-order valence-electron chi connectivity index (χ1n) is 9.06. The minimum absolute atomic E-state index is 0.0536. The van der Waals surface area contributed by atoms with Crippen LogP contribution in [0.15, 0.2) is 48.5 Å². The molecule has 7 heteroatoms. The van der Waals surface area contributed by atoms with Crippen molar-refractivity contribution < 1.29 is 23.8 Å². The Bertz CT molecular complexity index is 757. The molecule has 28 heavy (non-hydrogen) atoms. The third-order valence-corrected chi connectivity index (χ3v) is 3.74. The number of rotatable bonds is 10. The van der Waals surface area contributed by atoms with Crippen LogP contribution in [-0.2, 0) is 14.3 Å². The largest absolute Gasteiger partial charge is 0.494 e. The number of nitrogens with one attached hydrogen (secondary N) is 1. The molecule has 1 amide bonds.